The van der Waals surface area contributed by atoms with Gasteiger partial charge >= 0.3 is 12.6 Å². The fourth-order valence-corrected chi connectivity index (χ4v) is 1.16. The molecular formula is C11H12F2O4. The topological polar surface area (TPSA) is 55.8 Å². The third-order valence-corrected chi connectivity index (χ3v) is 1.87. The standard InChI is InChI=1S/C11H12F2O4/c1-2-5-16-8-4-3-7(10(14)15)6-9(8)17-11(12)13/h3-4,6,11H,2,5H2,1H3,(H,14,15). The monoisotopic (exact) mass is 246 g/mol. The third-order valence-electron chi connectivity index (χ3n) is 1.87. The summed E-state index contributed by atoms with van der Waals surface area (Å²) in [7, 11) is 0. The second-order valence-electron chi connectivity index (χ2n) is 3.19. The van der Waals surface area contributed by atoms with Crippen LogP contribution in [0.1, 0.15) is 23.7 Å². The lowest BCUT2D eigenvalue weighted by Gasteiger charge is -2.12. The van der Waals surface area contributed by atoms with E-state index >= 15 is 0 Å². The van der Waals surface area contributed by atoms with Crippen molar-refractivity contribution in [1.29, 1.82) is 0 Å². The van der Waals surface area contributed by atoms with E-state index < -0.39 is 12.6 Å². The molecule has 6 heteroatoms. The van der Waals surface area contributed by atoms with Crippen LogP contribution in [0.2, 0.25) is 0 Å². The summed E-state index contributed by atoms with van der Waals surface area (Å²) in [5.41, 5.74) is -0.135. The highest BCUT2D eigenvalue weighted by atomic mass is 19.3. The highest BCUT2D eigenvalue weighted by Crippen LogP contribution is 2.30. The van der Waals surface area contributed by atoms with Crippen LogP contribution in [0.15, 0.2) is 18.2 Å². The largest absolute Gasteiger partial charge is 0.490 e. The fraction of sp³-hybridized carbons (Fsp3) is 0.364. The van der Waals surface area contributed by atoms with Crippen LogP contribution >= 0.6 is 0 Å². The maximum Gasteiger partial charge on any atom is 0.387 e. The minimum absolute atomic E-state index is 0.108. The van der Waals surface area contributed by atoms with Crippen molar-refractivity contribution in [2.75, 3.05) is 6.61 Å². The maximum atomic E-state index is 12.1. The Labute approximate surface area is 96.8 Å². The quantitative estimate of drug-likeness (QED) is 0.838. The first-order valence-electron chi connectivity index (χ1n) is 4.99. The molecule has 0 heterocycles. The van der Waals surface area contributed by atoms with Crippen LogP contribution in [0.5, 0.6) is 11.5 Å². The van der Waals surface area contributed by atoms with E-state index in [1.807, 2.05) is 6.92 Å². The molecule has 0 radical (unpaired) electrons. The number of aromatic carboxylic acids is 1. The number of carboxylic acids is 1. The van der Waals surface area contributed by atoms with Crippen LogP contribution in [0, 0.1) is 0 Å². The number of alkyl halides is 2. The summed E-state index contributed by atoms with van der Waals surface area (Å²) in [5.74, 6) is -1.38. The predicted octanol–water partition coefficient (Wildman–Crippen LogP) is 2.78. The molecule has 0 aliphatic rings. The van der Waals surface area contributed by atoms with Crippen molar-refractivity contribution < 1.29 is 28.2 Å². The molecule has 0 aliphatic carbocycles. The molecule has 0 aliphatic heterocycles. The second kappa shape index (κ2) is 6.03. The Bertz CT molecular complexity index is 393. The number of rotatable bonds is 6. The van der Waals surface area contributed by atoms with E-state index in [0.29, 0.717) is 13.0 Å². The molecule has 0 amide bonds. The van der Waals surface area contributed by atoms with Gasteiger partial charge in [-0.3, -0.25) is 0 Å². The SMILES string of the molecule is CCCOc1ccc(C(=O)O)cc1OC(F)F. The average molecular weight is 246 g/mol. The number of benzene rings is 1. The van der Waals surface area contributed by atoms with Gasteiger partial charge in [0.1, 0.15) is 0 Å². The van der Waals surface area contributed by atoms with Crippen molar-refractivity contribution in [3.05, 3.63) is 23.8 Å². The molecule has 0 aromatic heterocycles. The van der Waals surface area contributed by atoms with Gasteiger partial charge in [0.05, 0.1) is 12.2 Å². The zero-order valence-corrected chi connectivity index (χ0v) is 9.15. The second-order valence-corrected chi connectivity index (χ2v) is 3.19. The van der Waals surface area contributed by atoms with Gasteiger partial charge < -0.3 is 14.6 Å². The van der Waals surface area contributed by atoms with Crippen molar-refractivity contribution >= 4 is 5.97 Å². The molecule has 0 unspecified atom stereocenters. The van der Waals surface area contributed by atoms with Gasteiger partial charge in [-0.25, -0.2) is 4.79 Å². The number of ether oxygens (including phenoxy) is 2. The van der Waals surface area contributed by atoms with Crippen LogP contribution in [0.25, 0.3) is 0 Å². The molecule has 4 nitrogen and oxygen atoms in total. The fourth-order valence-electron chi connectivity index (χ4n) is 1.16. The zero-order valence-electron chi connectivity index (χ0n) is 9.15. The first kappa shape index (κ1) is 13.2. The molecule has 1 aromatic rings. The van der Waals surface area contributed by atoms with Gasteiger partial charge in [-0.15, -0.1) is 0 Å². The summed E-state index contributed by atoms with van der Waals surface area (Å²) >= 11 is 0. The summed E-state index contributed by atoms with van der Waals surface area (Å²) in [6.07, 6.45) is 0.703. The first-order valence-corrected chi connectivity index (χ1v) is 4.99. The number of carbonyl (C=O) groups is 1. The Balaban J connectivity index is 2.98. The maximum absolute atomic E-state index is 12.1. The molecule has 0 saturated heterocycles. The van der Waals surface area contributed by atoms with Gasteiger partial charge in [0, 0.05) is 0 Å². The number of hydrogen-bond acceptors (Lipinski definition) is 3. The molecule has 1 N–H and O–H groups in total. The van der Waals surface area contributed by atoms with Gasteiger partial charge in [0.15, 0.2) is 11.5 Å². The van der Waals surface area contributed by atoms with E-state index in [0.717, 1.165) is 6.07 Å². The Hall–Kier alpha value is -1.85. The molecule has 1 aromatic carbocycles. The van der Waals surface area contributed by atoms with Crippen LogP contribution in [-0.2, 0) is 0 Å². The number of halogens is 2. The molecule has 17 heavy (non-hydrogen) atoms. The van der Waals surface area contributed by atoms with Gasteiger partial charge in [-0.2, -0.15) is 8.78 Å². The van der Waals surface area contributed by atoms with Crippen molar-refractivity contribution in [2.24, 2.45) is 0 Å². The van der Waals surface area contributed by atoms with Crippen LogP contribution < -0.4 is 9.47 Å². The summed E-state index contributed by atoms with van der Waals surface area (Å²) in [6, 6.07) is 3.59. The van der Waals surface area contributed by atoms with Gasteiger partial charge in [-0.05, 0) is 24.6 Å². The van der Waals surface area contributed by atoms with Crippen LogP contribution in [-0.4, -0.2) is 24.3 Å². The first-order chi connectivity index (χ1) is 8.04. The molecule has 0 bridgehead atoms. The van der Waals surface area contributed by atoms with E-state index in [9.17, 15) is 13.6 Å². The van der Waals surface area contributed by atoms with Crippen LogP contribution in [0.4, 0.5) is 8.78 Å². The zero-order chi connectivity index (χ0) is 12.8. The molecule has 94 valence electrons. The van der Waals surface area contributed by atoms with E-state index in [1.165, 1.54) is 12.1 Å². The Morgan fingerprint density at radius 2 is 2.12 bits per heavy atom. The number of hydrogen-bond donors (Lipinski definition) is 1. The number of carboxylic acid groups (broad SMARTS) is 1. The van der Waals surface area contributed by atoms with Crippen molar-refractivity contribution in [3.8, 4) is 11.5 Å². The minimum atomic E-state index is -3.02. The van der Waals surface area contributed by atoms with E-state index in [1.54, 1.807) is 0 Å². The average Bonchev–Trinajstić information content (AvgIpc) is 2.26. The lowest BCUT2D eigenvalue weighted by atomic mass is 10.2. The van der Waals surface area contributed by atoms with Crippen molar-refractivity contribution in [3.63, 3.8) is 0 Å². The van der Waals surface area contributed by atoms with Gasteiger partial charge in [-0.1, -0.05) is 6.92 Å². The normalized spacial score (nSPS) is 10.4. The Kier molecular flexibility index (Phi) is 4.68. The Morgan fingerprint density at radius 3 is 2.65 bits per heavy atom. The molecular weight excluding hydrogens is 234 g/mol. The van der Waals surface area contributed by atoms with Gasteiger partial charge in [0.25, 0.3) is 0 Å². The van der Waals surface area contributed by atoms with Crippen molar-refractivity contribution in [2.45, 2.75) is 20.0 Å². The van der Waals surface area contributed by atoms with Crippen molar-refractivity contribution in [1.82, 2.24) is 0 Å². The predicted molar refractivity (Wildman–Crippen MR) is 55.8 cm³/mol. The lowest BCUT2D eigenvalue weighted by molar-refractivity contribution is -0.0515. The van der Waals surface area contributed by atoms with E-state index in [-0.39, 0.29) is 17.1 Å². The highest BCUT2D eigenvalue weighted by Gasteiger charge is 2.14. The van der Waals surface area contributed by atoms with Crippen LogP contribution in [0.3, 0.4) is 0 Å². The lowest BCUT2D eigenvalue weighted by Crippen LogP contribution is -2.07. The third kappa shape index (κ3) is 3.90. The minimum Gasteiger partial charge on any atom is -0.490 e. The van der Waals surface area contributed by atoms with E-state index in [4.69, 9.17) is 9.84 Å². The van der Waals surface area contributed by atoms with E-state index in [2.05, 4.69) is 4.74 Å². The summed E-state index contributed by atoms with van der Waals surface area (Å²) in [5, 5.41) is 8.73. The molecule has 0 atom stereocenters. The van der Waals surface area contributed by atoms with Gasteiger partial charge in [0.2, 0.25) is 0 Å². The molecule has 0 saturated carbocycles. The molecule has 1 rings (SSSR count). The summed E-state index contributed by atoms with van der Waals surface area (Å²) in [4.78, 5) is 10.7. The summed E-state index contributed by atoms with van der Waals surface area (Å²) in [6.45, 7) is -0.825. The Morgan fingerprint density at radius 1 is 1.41 bits per heavy atom. The highest BCUT2D eigenvalue weighted by molar-refractivity contribution is 5.88. The smallest absolute Gasteiger partial charge is 0.387 e. The molecule has 0 fully saturated rings. The summed E-state index contributed by atoms with van der Waals surface area (Å²) < 4.78 is 33.6. The molecule has 0 spiro atoms.